The Kier molecular flexibility index (Phi) is 4.39. The highest BCUT2D eigenvalue weighted by atomic mass is 14.0. The zero-order valence-corrected chi connectivity index (χ0v) is 8.72. The normalized spacial score (nSPS) is 8.14. The molecule has 0 aliphatic rings. The smallest absolute Gasteiger partial charge is 0.0340 e. The fraction of sp³-hybridized carbons (Fsp3) is 0.286. The van der Waals surface area contributed by atoms with E-state index in [1.165, 1.54) is 11.1 Å². The molecule has 0 saturated heterocycles. The lowest BCUT2D eigenvalue weighted by Crippen LogP contribution is -1.84. The molecule has 0 aliphatic carbocycles. The molecular weight excluding hydrogens is 168 g/mol. The van der Waals surface area contributed by atoms with E-state index in [-0.39, 0.29) is 0 Å². The molecule has 1 aromatic rings. The number of hydrogen-bond acceptors (Lipinski definition) is 0. The van der Waals surface area contributed by atoms with E-state index in [1.807, 2.05) is 13.8 Å². The van der Waals surface area contributed by atoms with Gasteiger partial charge in [0.05, 0.1) is 0 Å². The van der Waals surface area contributed by atoms with Gasteiger partial charge in [0.1, 0.15) is 0 Å². The van der Waals surface area contributed by atoms with Gasteiger partial charge in [0, 0.05) is 12.8 Å². The maximum Gasteiger partial charge on any atom is 0.0340 e. The van der Waals surface area contributed by atoms with Crippen molar-refractivity contribution in [2.75, 3.05) is 0 Å². The zero-order chi connectivity index (χ0) is 10.2. The minimum Gasteiger partial charge on any atom is -0.106 e. The predicted octanol–water partition coefficient (Wildman–Crippen LogP) is 2.82. The van der Waals surface area contributed by atoms with E-state index < -0.39 is 0 Å². The Morgan fingerprint density at radius 2 is 1.14 bits per heavy atom. The summed E-state index contributed by atoms with van der Waals surface area (Å²) in [4.78, 5) is 0. The van der Waals surface area contributed by atoms with Gasteiger partial charge in [0.15, 0.2) is 0 Å². The Labute approximate surface area is 86.3 Å². The molecule has 0 aromatic heterocycles. The minimum absolute atomic E-state index is 0.843. The molecule has 0 bridgehead atoms. The van der Waals surface area contributed by atoms with Gasteiger partial charge in [0.25, 0.3) is 0 Å². The lowest BCUT2D eigenvalue weighted by Gasteiger charge is -1.97. The second-order valence-corrected chi connectivity index (χ2v) is 3.02. The van der Waals surface area contributed by atoms with Gasteiger partial charge in [-0.1, -0.05) is 36.1 Å². The first kappa shape index (κ1) is 10.4. The summed E-state index contributed by atoms with van der Waals surface area (Å²) in [5, 5.41) is 0. The van der Waals surface area contributed by atoms with Gasteiger partial charge in [-0.05, 0) is 25.0 Å². The SMILES string of the molecule is CC#CCc1ccc(CC#CC)cc1. The lowest BCUT2D eigenvalue weighted by molar-refractivity contribution is 1.26. The van der Waals surface area contributed by atoms with E-state index in [2.05, 4.69) is 47.9 Å². The highest BCUT2D eigenvalue weighted by Gasteiger charge is 1.91. The summed E-state index contributed by atoms with van der Waals surface area (Å²) < 4.78 is 0. The molecule has 1 rings (SSSR count). The lowest BCUT2D eigenvalue weighted by atomic mass is 10.1. The molecule has 0 heteroatoms. The van der Waals surface area contributed by atoms with E-state index >= 15 is 0 Å². The van der Waals surface area contributed by atoms with Crippen LogP contribution in [0.1, 0.15) is 25.0 Å². The summed E-state index contributed by atoms with van der Waals surface area (Å²) in [5.41, 5.74) is 2.54. The van der Waals surface area contributed by atoms with Crippen LogP contribution in [0, 0.1) is 23.7 Å². The highest BCUT2D eigenvalue weighted by molar-refractivity contribution is 5.28. The van der Waals surface area contributed by atoms with Crippen LogP contribution in [0.2, 0.25) is 0 Å². The van der Waals surface area contributed by atoms with Crippen molar-refractivity contribution >= 4 is 0 Å². The second-order valence-electron chi connectivity index (χ2n) is 3.02. The Hall–Kier alpha value is -1.66. The van der Waals surface area contributed by atoms with Crippen LogP contribution in [0.25, 0.3) is 0 Å². The summed E-state index contributed by atoms with van der Waals surface area (Å²) in [6.45, 7) is 3.73. The van der Waals surface area contributed by atoms with Crippen molar-refractivity contribution in [3.8, 4) is 23.7 Å². The number of rotatable bonds is 2. The van der Waals surface area contributed by atoms with Crippen molar-refractivity contribution in [1.29, 1.82) is 0 Å². The van der Waals surface area contributed by atoms with Crippen LogP contribution in [-0.4, -0.2) is 0 Å². The standard InChI is InChI=1S/C14H14/c1-3-5-7-13-9-11-14(12-10-13)8-6-4-2/h9-12H,7-8H2,1-2H3. The monoisotopic (exact) mass is 182 g/mol. The van der Waals surface area contributed by atoms with Crippen LogP contribution >= 0.6 is 0 Å². The largest absolute Gasteiger partial charge is 0.106 e. The number of hydrogen-bond donors (Lipinski definition) is 0. The van der Waals surface area contributed by atoms with Gasteiger partial charge in [-0.15, -0.1) is 11.8 Å². The molecular formula is C14H14. The zero-order valence-electron chi connectivity index (χ0n) is 8.72. The van der Waals surface area contributed by atoms with Crippen molar-refractivity contribution < 1.29 is 0 Å². The summed E-state index contributed by atoms with van der Waals surface area (Å²) in [5.74, 6) is 11.9. The Morgan fingerprint density at radius 1 is 0.786 bits per heavy atom. The van der Waals surface area contributed by atoms with Gasteiger partial charge in [0.2, 0.25) is 0 Å². The Balaban J connectivity index is 2.65. The van der Waals surface area contributed by atoms with E-state index in [9.17, 15) is 0 Å². The van der Waals surface area contributed by atoms with Crippen LogP contribution in [0.3, 0.4) is 0 Å². The van der Waals surface area contributed by atoms with Crippen LogP contribution in [-0.2, 0) is 12.8 Å². The third-order valence-corrected chi connectivity index (χ3v) is 1.96. The quantitative estimate of drug-likeness (QED) is 0.617. The van der Waals surface area contributed by atoms with Crippen molar-refractivity contribution in [1.82, 2.24) is 0 Å². The van der Waals surface area contributed by atoms with Crippen molar-refractivity contribution in [2.24, 2.45) is 0 Å². The van der Waals surface area contributed by atoms with Gasteiger partial charge in [-0.25, -0.2) is 0 Å². The fourth-order valence-electron chi connectivity index (χ4n) is 1.16. The number of benzene rings is 1. The van der Waals surface area contributed by atoms with Crippen molar-refractivity contribution in [3.63, 3.8) is 0 Å². The van der Waals surface area contributed by atoms with Gasteiger partial charge < -0.3 is 0 Å². The van der Waals surface area contributed by atoms with Gasteiger partial charge >= 0.3 is 0 Å². The average molecular weight is 182 g/mol. The van der Waals surface area contributed by atoms with Crippen LogP contribution in [0.4, 0.5) is 0 Å². The van der Waals surface area contributed by atoms with Gasteiger partial charge in [-0.2, -0.15) is 0 Å². The molecule has 0 heterocycles. The first-order chi connectivity index (χ1) is 6.86. The Bertz CT molecular complexity index is 347. The van der Waals surface area contributed by atoms with E-state index in [0.717, 1.165) is 12.8 Å². The summed E-state index contributed by atoms with van der Waals surface area (Å²) in [6.07, 6.45) is 1.69. The molecule has 0 amide bonds. The maximum atomic E-state index is 3.05. The van der Waals surface area contributed by atoms with Crippen molar-refractivity contribution in [3.05, 3.63) is 35.4 Å². The molecule has 0 unspecified atom stereocenters. The minimum atomic E-state index is 0.843. The van der Waals surface area contributed by atoms with E-state index in [4.69, 9.17) is 0 Å². The summed E-state index contributed by atoms with van der Waals surface area (Å²) >= 11 is 0. The third kappa shape index (κ3) is 3.38. The molecule has 0 nitrogen and oxygen atoms in total. The highest BCUT2D eigenvalue weighted by Crippen LogP contribution is 2.05. The van der Waals surface area contributed by atoms with Crippen molar-refractivity contribution in [2.45, 2.75) is 26.7 Å². The maximum absolute atomic E-state index is 3.05. The van der Waals surface area contributed by atoms with Gasteiger partial charge in [-0.3, -0.25) is 0 Å². The van der Waals surface area contributed by atoms with Crippen LogP contribution in [0.5, 0.6) is 0 Å². The first-order valence-electron chi connectivity index (χ1n) is 4.74. The molecule has 0 radical (unpaired) electrons. The first-order valence-corrected chi connectivity index (χ1v) is 4.74. The topological polar surface area (TPSA) is 0 Å². The Morgan fingerprint density at radius 3 is 1.43 bits per heavy atom. The summed E-state index contributed by atoms with van der Waals surface area (Å²) in [7, 11) is 0. The summed E-state index contributed by atoms with van der Waals surface area (Å²) in [6, 6.07) is 8.49. The molecule has 0 N–H and O–H groups in total. The predicted molar refractivity (Wildman–Crippen MR) is 60.8 cm³/mol. The average Bonchev–Trinajstić information content (AvgIpc) is 2.25. The molecule has 1 aromatic carbocycles. The molecule has 14 heavy (non-hydrogen) atoms. The second kappa shape index (κ2) is 5.90. The van der Waals surface area contributed by atoms with Crippen LogP contribution < -0.4 is 0 Å². The third-order valence-electron chi connectivity index (χ3n) is 1.96. The molecule has 0 fully saturated rings. The molecule has 0 saturated carbocycles. The van der Waals surface area contributed by atoms with E-state index in [0.29, 0.717) is 0 Å². The molecule has 70 valence electrons. The fourth-order valence-corrected chi connectivity index (χ4v) is 1.16. The van der Waals surface area contributed by atoms with E-state index in [1.54, 1.807) is 0 Å². The molecule has 0 spiro atoms. The van der Waals surface area contributed by atoms with Crippen LogP contribution in [0.15, 0.2) is 24.3 Å². The molecule has 0 atom stereocenters. The molecule has 0 aliphatic heterocycles.